The molecule has 5 rings (SSSR count). The number of amides is 1. The second kappa shape index (κ2) is 7.04. The van der Waals surface area contributed by atoms with Gasteiger partial charge in [-0.15, -0.1) is 0 Å². The third-order valence-electron chi connectivity index (χ3n) is 5.81. The summed E-state index contributed by atoms with van der Waals surface area (Å²) in [5, 5.41) is 0.703. The van der Waals surface area contributed by atoms with Gasteiger partial charge in [0.05, 0.1) is 17.9 Å². The number of fused-ring (bicyclic) bond motifs is 2. The lowest BCUT2D eigenvalue weighted by Gasteiger charge is -2.33. The number of hydrogen-bond donors (Lipinski definition) is 0. The minimum Gasteiger partial charge on any atom is -0.486 e. The SMILES string of the molecule is CC(c1ccccc1Cl)N(CN1C(=O)C(=O)c2cc3c(cc21)OCCO3)C1CC1. The molecule has 1 aliphatic carbocycles. The van der Waals surface area contributed by atoms with Crippen molar-refractivity contribution in [3.05, 3.63) is 52.5 Å². The van der Waals surface area contributed by atoms with Gasteiger partial charge in [0.2, 0.25) is 0 Å². The molecule has 1 unspecified atom stereocenters. The molecule has 0 saturated heterocycles. The van der Waals surface area contributed by atoms with Gasteiger partial charge in [0, 0.05) is 23.2 Å². The fourth-order valence-corrected chi connectivity index (χ4v) is 4.38. The van der Waals surface area contributed by atoms with E-state index >= 15 is 0 Å². The van der Waals surface area contributed by atoms with Gasteiger partial charge >= 0.3 is 5.91 Å². The Bertz CT molecular complexity index is 1000. The van der Waals surface area contributed by atoms with Crippen molar-refractivity contribution in [1.82, 2.24) is 4.90 Å². The van der Waals surface area contributed by atoms with Crippen LogP contribution < -0.4 is 14.4 Å². The molecule has 2 aromatic rings. The largest absolute Gasteiger partial charge is 0.486 e. The quantitative estimate of drug-likeness (QED) is 0.698. The maximum Gasteiger partial charge on any atom is 0.300 e. The van der Waals surface area contributed by atoms with E-state index in [-0.39, 0.29) is 6.04 Å². The number of ketones is 1. The maximum atomic E-state index is 12.8. The predicted molar refractivity (Wildman–Crippen MR) is 109 cm³/mol. The molecule has 6 nitrogen and oxygen atoms in total. The summed E-state index contributed by atoms with van der Waals surface area (Å²) in [5.41, 5.74) is 1.98. The smallest absolute Gasteiger partial charge is 0.300 e. The summed E-state index contributed by atoms with van der Waals surface area (Å²) in [7, 11) is 0. The van der Waals surface area contributed by atoms with Gasteiger partial charge in [-0.25, -0.2) is 0 Å². The van der Waals surface area contributed by atoms with Crippen molar-refractivity contribution in [3.8, 4) is 11.5 Å². The monoisotopic (exact) mass is 412 g/mol. The first-order valence-corrected chi connectivity index (χ1v) is 10.2. The van der Waals surface area contributed by atoms with Gasteiger partial charge in [0.1, 0.15) is 13.2 Å². The van der Waals surface area contributed by atoms with Crippen molar-refractivity contribution in [2.75, 3.05) is 24.8 Å². The van der Waals surface area contributed by atoms with E-state index in [0.717, 1.165) is 18.4 Å². The topological polar surface area (TPSA) is 59.1 Å². The molecule has 0 aromatic heterocycles. The number of halogens is 1. The molecule has 2 aromatic carbocycles. The highest BCUT2D eigenvalue weighted by atomic mass is 35.5. The molecule has 3 aliphatic rings. The van der Waals surface area contributed by atoms with Crippen LogP contribution >= 0.6 is 11.6 Å². The van der Waals surface area contributed by atoms with Crippen molar-refractivity contribution in [1.29, 1.82) is 0 Å². The lowest BCUT2D eigenvalue weighted by molar-refractivity contribution is -0.114. The van der Waals surface area contributed by atoms with Crippen LogP contribution in [0.25, 0.3) is 0 Å². The van der Waals surface area contributed by atoms with Gasteiger partial charge in [-0.05, 0) is 37.5 Å². The summed E-state index contributed by atoms with van der Waals surface area (Å²) in [4.78, 5) is 29.3. The zero-order chi connectivity index (χ0) is 20.1. The Morgan fingerprint density at radius 2 is 1.83 bits per heavy atom. The van der Waals surface area contributed by atoms with Crippen LogP contribution in [-0.4, -0.2) is 42.5 Å². The number of anilines is 1. The molecule has 0 bridgehead atoms. The first kappa shape index (κ1) is 18.5. The lowest BCUT2D eigenvalue weighted by atomic mass is 10.1. The van der Waals surface area contributed by atoms with Gasteiger partial charge in [-0.2, -0.15) is 0 Å². The number of carbonyl (C=O) groups is 2. The van der Waals surface area contributed by atoms with Crippen LogP contribution in [0.1, 0.15) is 41.7 Å². The summed E-state index contributed by atoms with van der Waals surface area (Å²) in [6, 6.07) is 11.5. The first-order chi connectivity index (χ1) is 14.0. The van der Waals surface area contributed by atoms with Crippen LogP contribution in [-0.2, 0) is 4.79 Å². The first-order valence-electron chi connectivity index (χ1n) is 9.84. The average Bonchev–Trinajstić information content (AvgIpc) is 3.54. The zero-order valence-electron chi connectivity index (χ0n) is 16.1. The molecular formula is C22H21ClN2O4. The van der Waals surface area contributed by atoms with E-state index in [4.69, 9.17) is 21.1 Å². The second-order valence-electron chi connectivity index (χ2n) is 7.66. The molecule has 29 heavy (non-hydrogen) atoms. The summed E-state index contributed by atoms with van der Waals surface area (Å²) >= 11 is 6.43. The normalized spacial score (nSPS) is 18.9. The van der Waals surface area contributed by atoms with E-state index in [9.17, 15) is 9.59 Å². The molecule has 1 amide bonds. The molecule has 1 saturated carbocycles. The molecule has 1 atom stereocenters. The van der Waals surface area contributed by atoms with Crippen molar-refractivity contribution in [3.63, 3.8) is 0 Å². The molecular weight excluding hydrogens is 392 g/mol. The van der Waals surface area contributed by atoms with Gasteiger partial charge in [-0.1, -0.05) is 29.8 Å². The molecule has 1 fully saturated rings. The lowest BCUT2D eigenvalue weighted by Crippen LogP contribution is -2.43. The molecule has 2 aliphatic heterocycles. The third-order valence-corrected chi connectivity index (χ3v) is 6.15. The number of Topliss-reactive ketones (excluding diaryl/α,β-unsaturated/α-hetero) is 1. The van der Waals surface area contributed by atoms with Crippen LogP contribution in [0.15, 0.2) is 36.4 Å². The minimum absolute atomic E-state index is 0.0142. The van der Waals surface area contributed by atoms with Crippen LogP contribution in [0, 0.1) is 0 Å². The van der Waals surface area contributed by atoms with Gasteiger partial charge in [0.15, 0.2) is 11.5 Å². The standard InChI is InChI=1S/C22H21ClN2O4/c1-13(15-4-2-3-5-17(15)23)24(14-6-7-14)12-25-18-11-20-19(28-8-9-29-20)10-16(18)21(26)22(25)27/h2-5,10-11,13-14H,6-9,12H2,1H3. The average molecular weight is 413 g/mol. The fraction of sp³-hybridized carbons (Fsp3) is 0.364. The molecule has 0 spiro atoms. The Balaban J connectivity index is 1.48. The van der Waals surface area contributed by atoms with E-state index in [0.29, 0.717) is 53.7 Å². The fourth-order valence-electron chi connectivity index (χ4n) is 4.09. The van der Waals surface area contributed by atoms with Crippen molar-refractivity contribution < 1.29 is 19.1 Å². The highest BCUT2D eigenvalue weighted by molar-refractivity contribution is 6.52. The molecule has 0 radical (unpaired) electrons. The number of rotatable bonds is 5. The van der Waals surface area contributed by atoms with E-state index in [2.05, 4.69) is 11.8 Å². The highest BCUT2D eigenvalue weighted by Crippen LogP contribution is 2.42. The number of ether oxygens (including phenoxy) is 2. The van der Waals surface area contributed by atoms with E-state index in [1.54, 1.807) is 17.0 Å². The Kier molecular flexibility index (Phi) is 4.48. The van der Waals surface area contributed by atoms with E-state index in [1.807, 2.05) is 24.3 Å². The number of hydrogen-bond acceptors (Lipinski definition) is 5. The Hall–Kier alpha value is -2.57. The molecule has 7 heteroatoms. The van der Waals surface area contributed by atoms with Crippen LogP contribution in [0.4, 0.5) is 5.69 Å². The van der Waals surface area contributed by atoms with E-state index in [1.165, 1.54) is 0 Å². The van der Waals surface area contributed by atoms with Crippen molar-refractivity contribution >= 4 is 29.0 Å². The predicted octanol–water partition coefficient (Wildman–Crippen LogP) is 3.82. The summed E-state index contributed by atoms with van der Waals surface area (Å²) in [6.07, 6.45) is 2.14. The number of nitrogens with zero attached hydrogens (tertiary/aromatic N) is 2. The third kappa shape index (κ3) is 3.16. The molecule has 2 heterocycles. The van der Waals surface area contributed by atoms with E-state index < -0.39 is 11.7 Å². The summed E-state index contributed by atoms with van der Waals surface area (Å²) in [5.74, 6) is 0.0681. The van der Waals surface area contributed by atoms with Crippen LogP contribution in [0.5, 0.6) is 11.5 Å². The zero-order valence-corrected chi connectivity index (χ0v) is 16.8. The van der Waals surface area contributed by atoms with Crippen molar-refractivity contribution in [2.24, 2.45) is 0 Å². The molecule has 150 valence electrons. The molecule has 0 N–H and O–H groups in total. The Morgan fingerprint density at radius 1 is 1.14 bits per heavy atom. The second-order valence-corrected chi connectivity index (χ2v) is 8.07. The highest BCUT2D eigenvalue weighted by Gasteiger charge is 2.42. The number of benzene rings is 2. The van der Waals surface area contributed by atoms with Crippen LogP contribution in [0.2, 0.25) is 5.02 Å². The van der Waals surface area contributed by atoms with Gasteiger partial charge in [-0.3, -0.25) is 19.4 Å². The summed E-state index contributed by atoms with van der Waals surface area (Å²) < 4.78 is 11.2. The van der Waals surface area contributed by atoms with Gasteiger partial charge in [0.25, 0.3) is 5.78 Å². The maximum absolute atomic E-state index is 12.8. The summed E-state index contributed by atoms with van der Waals surface area (Å²) in [6.45, 7) is 3.30. The minimum atomic E-state index is -0.514. The Labute approximate surface area is 173 Å². The van der Waals surface area contributed by atoms with Crippen molar-refractivity contribution in [2.45, 2.75) is 31.8 Å². The Morgan fingerprint density at radius 3 is 2.52 bits per heavy atom. The van der Waals surface area contributed by atoms with Gasteiger partial charge < -0.3 is 9.47 Å². The van der Waals surface area contributed by atoms with Crippen LogP contribution in [0.3, 0.4) is 0 Å². The number of carbonyl (C=O) groups excluding carboxylic acids is 2.